The average Bonchev–Trinajstić information content (AvgIpc) is 2.67. The summed E-state index contributed by atoms with van der Waals surface area (Å²) >= 11 is 0. The number of ether oxygens (including phenoxy) is 1. The predicted molar refractivity (Wildman–Crippen MR) is 95.8 cm³/mol. The minimum absolute atomic E-state index is 0.268. The molecular formula is C20H22F3N3O. The second kappa shape index (κ2) is 7.11. The molecule has 0 radical (unpaired) electrons. The van der Waals surface area contributed by atoms with Gasteiger partial charge in [-0.05, 0) is 50.3 Å². The summed E-state index contributed by atoms with van der Waals surface area (Å²) in [5.41, 5.74) is 2.48. The lowest BCUT2D eigenvalue weighted by Crippen LogP contribution is -2.40. The van der Waals surface area contributed by atoms with Crippen molar-refractivity contribution in [3.05, 3.63) is 52.5 Å². The third-order valence-electron chi connectivity index (χ3n) is 5.25. The SMILES string of the molecule is Cc1nc2c(c(N3CCOC(c4ccc(C(F)(F)F)cc4)C3)n1)CCCC2. The quantitative estimate of drug-likeness (QED) is 0.784. The van der Waals surface area contributed by atoms with Gasteiger partial charge in [0.25, 0.3) is 0 Å². The van der Waals surface area contributed by atoms with Crippen molar-refractivity contribution in [1.82, 2.24) is 9.97 Å². The van der Waals surface area contributed by atoms with Crippen molar-refractivity contribution in [2.24, 2.45) is 0 Å². The molecule has 2 aliphatic rings. The van der Waals surface area contributed by atoms with Gasteiger partial charge in [-0.2, -0.15) is 13.2 Å². The minimum atomic E-state index is -4.32. The lowest BCUT2D eigenvalue weighted by atomic mass is 9.95. The predicted octanol–water partition coefficient (Wildman–Crippen LogP) is 4.26. The highest BCUT2D eigenvalue weighted by molar-refractivity contribution is 5.51. The number of morpholine rings is 1. The summed E-state index contributed by atoms with van der Waals surface area (Å²) in [5, 5.41) is 0. The summed E-state index contributed by atoms with van der Waals surface area (Å²) in [4.78, 5) is 11.5. The van der Waals surface area contributed by atoms with Crippen molar-refractivity contribution in [3.63, 3.8) is 0 Å². The molecule has 1 aromatic carbocycles. The molecule has 4 rings (SSSR count). The zero-order valence-corrected chi connectivity index (χ0v) is 15.2. The highest BCUT2D eigenvalue weighted by Gasteiger charge is 2.31. The van der Waals surface area contributed by atoms with E-state index in [1.54, 1.807) is 0 Å². The normalized spacial score (nSPS) is 20.4. The molecule has 0 saturated carbocycles. The van der Waals surface area contributed by atoms with E-state index in [9.17, 15) is 13.2 Å². The molecule has 1 saturated heterocycles. The molecule has 1 aliphatic heterocycles. The van der Waals surface area contributed by atoms with Gasteiger partial charge in [-0.15, -0.1) is 0 Å². The van der Waals surface area contributed by atoms with Crippen LogP contribution in [0.2, 0.25) is 0 Å². The van der Waals surface area contributed by atoms with E-state index < -0.39 is 11.7 Å². The van der Waals surface area contributed by atoms with Crippen molar-refractivity contribution in [3.8, 4) is 0 Å². The smallest absolute Gasteiger partial charge is 0.370 e. The van der Waals surface area contributed by atoms with E-state index in [1.807, 2.05) is 6.92 Å². The topological polar surface area (TPSA) is 38.2 Å². The largest absolute Gasteiger partial charge is 0.416 e. The van der Waals surface area contributed by atoms with Crippen LogP contribution < -0.4 is 4.90 Å². The van der Waals surface area contributed by atoms with Gasteiger partial charge in [0.05, 0.1) is 12.2 Å². The van der Waals surface area contributed by atoms with Crippen LogP contribution >= 0.6 is 0 Å². The van der Waals surface area contributed by atoms with Crippen LogP contribution in [0.15, 0.2) is 24.3 Å². The highest BCUT2D eigenvalue weighted by atomic mass is 19.4. The number of aromatic nitrogens is 2. The lowest BCUT2D eigenvalue weighted by molar-refractivity contribution is -0.137. The monoisotopic (exact) mass is 377 g/mol. The number of anilines is 1. The Hall–Kier alpha value is -2.15. The number of benzene rings is 1. The van der Waals surface area contributed by atoms with Gasteiger partial charge >= 0.3 is 6.18 Å². The molecule has 0 spiro atoms. The Labute approximate surface area is 156 Å². The Morgan fingerprint density at radius 2 is 1.81 bits per heavy atom. The summed E-state index contributed by atoms with van der Waals surface area (Å²) < 4.78 is 44.2. The number of aryl methyl sites for hydroxylation is 2. The third kappa shape index (κ3) is 3.78. The molecule has 1 atom stereocenters. The van der Waals surface area contributed by atoms with Crippen molar-refractivity contribution in [1.29, 1.82) is 0 Å². The number of halogens is 3. The number of rotatable bonds is 2. The molecule has 2 heterocycles. The van der Waals surface area contributed by atoms with Crippen molar-refractivity contribution < 1.29 is 17.9 Å². The Morgan fingerprint density at radius 3 is 2.56 bits per heavy atom. The molecule has 4 nitrogen and oxygen atoms in total. The first-order chi connectivity index (χ1) is 12.9. The molecule has 1 aliphatic carbocycles. The lowest BCUT2D eigenvalue weighted by Gasteiger charge is -2.36. The fourth-order valence-electron chi connectivity index (χ4n) is 3.89. The van der Waals surface area contributed by atoms with Crippen LogP contribution in [0.5, 0.6) is 0 Å². The van der Waals surface area contributed by atoms with Crippen molar-refractivity contribution in [2.45, 2.75) is 44.9 Å². The molecule has 1 fully saturated rings. The van der Waals surface area contributed by atoms with Crippen LogP contribution in [0.25, 0.3) is 0 Å². The average molecular weight is 377 g/mol. The third-order valence-corrected chi connectivity index (χ3v) is 5.25. The standard InChI is InChI=1S/C20H22F3N3O/c1-13-24-17-5-3-2-4-16(17)19(25-13)26-10-11-27-18(12-26)14-6-8-15(9-7-14)20(21,22)23/h6-9,18H,2-5,10-12H2,1H3. The van der Waals surface area contributed by atoms with Gasteiger partial charge in [-0.1, -0.05) is 12.1 Å². The molecule has 1 unspecified atom stereocenters. The molecule has 2 aromatic rings. The zero-order chi connectivity index (χ0) is 19.0. The Bertz CT molecular complexity index is 820. The minimum Gasteiger partial charge on any atom is -0.370 e. The van der Waals surface area contributed by atoms with Gasteiger partial charge < -0.3 is 9.64 Å². The van der Waals surface area contributed by atoms with E-state index in [1.165, 1.54) is 17.7 Å². The summed E-state index contributed by atoms with van der Waals surface area (Å²) in [6, 6.07) is 5.26. The Kier molecular flexibility index (Phi) is 4.80. The Balaban J connectivity index is 1.58. The molecule has 0 N–H and O–H groups in total. The fourth-order valence-corrected chi connectivity index (χ4v) is 3.89. The first kappa shape index (κ1) is 18.2. The van der Waals surface area contributed by atoms with Crippen LogP contribution in [0, 0.1) is 6.92 Å². The van der Waals surface area contributed by atoms with Gasteiger partial charge in [0.15, 0.2) is 0 Å². The summed E-state index contributed by atoms with van der Waals surface area (Å²) in [7, 11) is 0. The number of alkyl halides is 3. The Morgan fingerprint density at radius 1 is 1.07 bits per heavy atom. The van der Waals surface area contributed by atoms with Gasteiger partial charge in [0, 0.05) is 24.3 Å². The maximum absolute atomic E-state index is 12.8. The van der Waals surface area contributed by atoms with Gasteiger partial charge in [0.2, 0.25) is 0 Å². The van der Waals surface area contributed by atoms with Crippen LogP contribution in [-0.4, -0.2) is 29.7 Å². The van der Waals surface area contributed by atoms with Crippen LogP contribution in [0.1, 0.15) is 47.2 Å². The van der Waals surface area contributed by atoms with Gasteiger partial charge in [-0.25, -0.2) is 9.97 Å². The number of fused-ring (bicyclic) bond motifs is 1. The van der Waals surface area contributed by atoms with Gasteiger partial charge in [-0.3, -0.25) is 0 Å². The summed E-state index contributed by atoms with van der Waals surface area (Å²) in [6.07, 6.45) is -0.337. The van der Waals surface area contributed by atoms with E-state index in [4.69, 9.17) is 9.72 Å². The van der Waals surface area contributed by atoms with E-state index in [0.717, 1.165) is 67.3 Å². The maximum Gasteiger partial charge on any atom is 0.416 e. The van der Waals surface area contributed by atoms with Crippen molar-refractivity contribution >= 4 is 5.82 Å². The molecule has 7 heteroatoms. The number of hydrogen-bond acceptors (Lipinski definition) is 4. The number of nitrogens with zero attached hydrogens (tertiary/aromatic N) is 3. The van der Waals surface area contributed by atoms with Crippen molar-refractivity contribution in [2.75, 3.05) is 24.6 Å². The molecule has 144 valence electrons. The second-order valence-corrected chi connectivity index (χ2v) is 7.15. The molecule has 27 heavy (non-hydrogen) atoms. The van der Waals surface area contributed by atoms with Crippen LogP contribution in [-0.2, 0) is 23.8 Å². The van der Waals surface area contributed by atoms with Gasteiger partial charge in [0.1, 0.15) is 17.7 Å². The van der Waals surface area contributed by atoms with E-state index >= 15 is 0 Å². The molecule has 0 bridgehead atoms. The maximum atomic E-state index is 12.8. The first-order valence-corrected chi connectivity index (χ1v) is 9.32. The van der Waals surface area contributed by atoms with E-state index in [-0.39, 0.29) is 6.10 Å². The second-order valence-electron chi connectivity index (χ2n) is 7.15. The molecule has 0 amide bonds. The van der Waals surface area contributed by atoms with Crippen LogP contribution in [0.3, 0.4) is 0 Å². The zero-order valence-electron chi connectivity index (χ0n) is 15.2. The molecule has 1 aromatic heterocycles. The highest BCUT2D eigenvalue weighted by Crippen LogP contribution is 2.33. The summed E-state index contributed by atoms with van der Waals surface area (Å²) in [6.45, 7) is 3.73. The first-order valence-electron chi connectivity index (χ1n) is 9.32. The van der Waals surface area contributed by atoms with E-state index in [2.05, 4.69) is 9.88 Å². The number of hydrogen-bond donors (Lipinski definition) is 0. The fraction of sp³-hybridized carbons (Fsp3) is 0.500. The molecular weight excluding hydrogens is 355 g/mol. The van der Waals surface area contributed by atoms with E-state index in [0.29, 0.717) is 13.2 Å². The summed E-state index contributed by atoms with van der Waals surface area (Å²) in [5.74, 6) is 1.74. The van der Waals surface area contributed by atoms with Crippen LogP contribution in [0.4, 0.5) is 19.0 Å².